The van der Waals surface area contributed by atoms with Crippen LogP contribution in [0.5, 0.6) is 0 Å². The average molecular weight is 536 g/mol. The highest BCUT2D eigenvalue weighted by molar-refractivity contribution is 6.36. The van der Waals surface area contributed by atoms with Crippen molar-refractivity contribution in [2.75, 3.05) is 10.6 Å². The zero-order valence-corrected chi connectivity index (χ0v) is 21.5. The Kier molecular flexibility index (Phi) is 6.26. The average Bonchev–Trinajstić information content (AvgIpc) is 2.96. The number of pyridine rings is 3. The lowest BCUT2D eigenvalue weighted by Crippen LogP contribution is -2.27. The smallest absolute Gasteiger partial charge is 0.265 e. The summed E-state index contributed by atoms with van der Waals surface area (Å²) in [6.07, 6.45) is 6.28. The summed E-state index contributed by atoms with van der Waals surface area (Å²) >= 11 is 7.11. The fourth-order valence-corrected chi connectivity index (χ4v) is 5.13. The molecule has 192 valence electrons. The van der Waals surface area contributed by atoms with Gasteiger partial charge in [-0.25, -0.2) is 9.97 Å². The third-order valence-electron chi connectivity index (χ3n) is 6.45. The maximum atomic E-state index is 14.3. The number of nitrogens with one attached hydrogen (secondary N) is 3. The number of anilines is 3. The van der Waals surface area contributed by atoms with Gasteiger partial charge in [-0.2, -0.15) is 0 Å². The zero-order valence-electron chi connectivity index (χ0n) is 20.7. The number of halogens is 1. The van der Waals surface area contributed by atoms with Crippen LogP contribution in [-0.2, 0) is 0 Å². The fraction of sp³-hybridized carbons (Fsp3) is 0.0690. The molecule has 0 saturated carbocycles. The molecule has 1 atom stereocenters. The molecule has 2 aromatic carbocycles. The molecule has 3 N–H and O–H groups in total. The van der Waals surface area contributed by atoms with Gasteiger partial charge in [-0.15, -0.1) is 0 Å². The highest BCUT2D eigenvalue weighted by atomic mass is 35.5. The zero-order chi connectivity index (χ0) is 26.9. The van der Waals surface area contributed by atoms with Crippen molar-refractivity contribution >= 4 is 50.6 Å². The molecular formula is C29H22ClN7O2. The van der Waals surface area contributed by atoms with Crippen molar-refractivity contribution in [1.29, 1.82) is 0 Å². The Morgan fingerprint density at radius 1 is 0.949 bits per heavy atom. The third-order valence-corrected chi connectivity index (χ3v) is 6.85. The summed E-state index contributed by atoms with van der Waals surface area (Å²) in [5, 5.41) is 8.36. The minimum absolute atomic E-state index is 0.227. The molecule has 4 aromatic heterocycles. The third kappa shape index (κ3) is 4.38. The Bertz CT molecular complexity index is 1930. The van der Waals surface area contributed by atoms with Gasteiger partial charge in [0, 0.05) is 29.5 Å². The van der Waals surface area contributed by atoms with Crippen molar-refractivity contribution in [3.63, 3.8) is 0 Å². The molecule has 0 radical (unpaired) electrons. The molecule has 10 heteroatoms. The molecule has 39 heavy (non-hydrogen) atoms. The number of benzene rings is 2. The number of rotatable bonds is 6. The van der Waals surface area contributed by atoms with E-state index in [1.54, 1.807) is 17.0 Å². The maximum absolute atomic E-state index is 14.3. The molecule has 0 unspecified atom stereocenters. The van der Waals surface area contributed by atoms with Crippen molar-refractivity contribution in [3.8, 4) is 5.69 Å². The molecule has 0 saturated heterocycles. The summed E-state index contributed by atoms with van der Waals surface area (Å²) in [5.41, 5.74) is 2.46. The number of para-hydroxylation sites is 1. The largest absolute Gasteiger partial charge is 0.361 e. The molecule has 0 spiro atoms. The Balaban J connectivity index is 1.57. The first-order valence-electron chi connectivity index (χ1n) is 12.2. The first-order valence-corrected chi connectivity index (χ1v) is 12.6. The van der Waals surface area contributed by atoms with E-state index in [1.165, 1.54) is 18.6 Å². The van der Waals surface area contributed by atoms with Gasteiger partial charge in [0.25, 0.3) is 5.56 Å². The second kappa shape index (κ2) is 10.0. The van der Waals surface area contributed by atoms with E-state index in [-0.39, 0.29) is 11.0 Å². The van der Waals surface area contributed by atoms with Crippen LogP contribution in [0.2, 0.25) is 5.02 Å². The second-order valence-corrected chi connectivity index (χ2v) is 9.30. The van der Waals surface area contributed by atoms with E-state index < -0.39 is 6.04 Å². The van der Waals surface area contributed by atoms with E-state index in [1.807, 2.05) is 67.6 Å². The van der Waals surface area contributed by atoms with Gasteiger partial charge in [0.05, 0.1) is 39.7 Å². The monoisotopic (exact) mass is 535 g/mol. The van der Waals surface area contributed by atoms with Crippen LogP contribution in [0.15, 0.2) is 101 Å². The van der Waals surface area contributed by atoms with E-state index in [9.17, 15) is 9.59 Å². The first-order chi connectivity index (χ1) is 19.0. The number of hydrogen-bond donors (Lipinski definition) is 3. The van der Waals surface area contributed by atoms with Gasteiger partial charge in [-0.1, -0.05) is 41.9 Å². The molecule has 6 rings (SSSR count). The molecule has 9 nitrogen and oxygen atoms in total. The number of fused-ring (bicyclic) bond motifs is 2. The Morgan fingerprint density at radius 3 is 2.59 bits per heavy atom. The molecule has 4 heterocycles. The number of aromatic nitrogens is 5. The van der Waals surface area contributed by atoms with Gasteiger partial charge in [0.15, 0.2) is 5.43 Å². The number of aromatic amines is 1. The van der Waals surface area contributed by atoms with Crippen LogP contribution in [0.3, 0.4) is 0 Å². The highest BCUT2D eigenvalue weighted by Gasteiger charge is 2.24. The standard InChI is InChI=1S/C29H22ClN7O2/c1-17(35-28-24-22(38)12-14-32-27(24)33-16-34-28)26-25(30)20-10-5-11-21(36-18-7-6-13-31-15-18)23(20)29(39)37(26)19-8-3-2-4-9-19/h2-17,36H,1H3,(H2,32,33,34,35,38)/t17-/m0/s1. The summed E-state index contributed by atoms with van der Waals surface area (Å²) in [6.45, 7) is 1.87. The van der Waals surface area contributed by atoms with Gasteiger partial charge in [-0.3, -0.25) is 19.1 Å². The van der Waals surface area contributed by atoms with Crippen LogP contribution >= 0.6 is 11.6 Å². The van der Waals surface area contributed by atoms with Crippen LogP contribution in [-0.4, -0.2) is 24.5 Å². The van der Waals surface area contributed by atoms with Gasteiger partial charge < -0.3 is 15.6 Å². The van der Waals surface area contributed by atoms with Crippen molar-refractivity contribution in [2.45, 2.75) is 13.0 Å². The quantitative estimate of drug-likeness (QED) is 0.254. The molecule has 0 bridgehead atoms. The molecule has 0 aliphatic carbocycles. The minimum atomic E-state index is -0.526. The summed E-state index contributed by atoms with van der Waals surface area (Å²) < 4.78 is 1.60. The highest BCUT2D eigenvalue weighted by Crippen LogP contribution is 2.35. The minimum Gasteiger partial charge on any atom is -0.361 e. The lowest BCUT2D eigenvalue weighted by molar-refractivity contribution is 0.774. The topological polar surface area (TPSA) is 118 Å². The molecular weight excluding hydrogens is 514 g/mol. The second-order valence-electron chi connectivity index (χ2n) is 8.92. The summed E-state index contributed by atoms with van der Waals surface area (Å²) in [5.74, 6) is 0.338. The van der Waals surface area contributed by atoms with Crippen LogP contribution in [0.25, 0.3) is 27.5 Å². The van der Waals surface area contributed by atoms with Crippen molar-refractivity contribution < 1.29 is 0 Å². The van der Waals surface area contributed by atoms with Gasteiger partial charge in [0.1, 0.15) is 23.2 Å². The summed E-state index contributed by atoms with van der Waals surface area (Å²) in [7, 11) is 0. The van der Waals surface area contributed by atoms with Crippen LogP contribution in [0, 0.1) is 0 Å². The molecule has 0 amide bonds. The van der Waals surface area contributed by atoms with Gasteiger partial charge in [-0.05, 0) is 37.3 Å². The summed E-state index contributed by atoms with van der Waals surface area (Å²) in [6, 6.07) is 19.4. The number of nitrogens with zero attached hydrogens (tertiary/aromatic N) is 4. The summed E-state index contributed by atoms with van der Waals surface area (Å²) in [4.78, 5) is 42.5. The van der Waals surface area contributed by atoms with E-state index in [0.29, 0.717) is 49.7 Å². The lowest BCUT2D eigenvalue weighted by Gasteiger charge is -2.24. The number of hydrogen-bond acceptors (Lipinski definition) is 7. The maximum Gasteiger partial charge on any atom is 0.265 e. The van der Waals surface area contributed by atoms with E-state index >= 15 is 0 Å². The molecule has 6 aromatic rings. The first kappa shape index (κ1) is 24.3. The number of H-pyrrole nitrogens is 1. The Hall–Kier alpha value is -5.02. The fourth-order valence-electron chi connectivity index (χ4n) is 4.73. The SMILES string of the molecule is C[C@H](Nc1ncnc2[nH]ccc(=O)c12)c1c(Cl)c2cccc(Nc3cccnc3)c2c(=O)n1-c1ccccc1. The van der Waals surface area contributed by atoms with Crippen LogP contribution < -0.4 is 21.6 Å². The normalized spacial score (nSPS) is 11.9. The van der Waals surface area contributed by atoms with Crippen LogP contribution in [0.4, 0.5) is 17.2 Å². The predicted octanol–water partition coefficient (Wildman–Crippen LogP) is 5.59. The van der Waals surface area contributed by atoms with Gasteiger partial charge in [0.2, 0.25) is 0 Å². The van der Waals surface area contributed by atoms with E-state index in [0.717, 1.165) is 5.69 Å². The van der Waals surface area contributed by atoms with Gasteiger partial charge >= 0.3 is 0 Å². The van der Waals surface area contributed by atoms with Crippen molar-refractivity contribution in [2.24, 2.45) is 0 Å². The van der Waals surface area contributed by atoms with E-state index in [2.05, 4.69) is 30.6 Å². The lowest BCUT2D eigenvalue weighted by atomic mass is 10.0. The Morgan fingerprint density at radius 2 is 1.79 bits per heavy atom. The van der Waals surface area contributed by atoms with Crippen LogP contribution in [0.1, 0.15) is 18.7 Å². The Labute approximate surface area is 227 Å². The van der Waals surface area contributed by atoms with Crippen molar-refractivity contribution in [3.05, 3.63) is 123 Å². The molecule has 0 aliphatic rings. The van der Waals surface area contributed by atoms with Crippen molar-refractivity contribution in [1.82, 2.24) is 24.5 Å². The predicted molar refractivity (Wildman–Crippen MR) is 154 cm³/mol. The van der Waals surface area contributed by atoms with E-state index in [4.69, 9.17) is 11.6 Å². The molecule has 0 aliphatic heterocycles. The molecule has 0 fully saturated rings.